The number of hydrogen-bond donors (Lipinski definition) is 0. The summed E-state index contributed by atoms with van der Waals surface area (Å²) in [4.78, 5) is 6.94. The van der Waals surface area contributed by atoms with Crippen LogP contribution in [0.25, 0.3) is 5.57 Å². The van der Waals surface area contributed by atoms with Crippen LogP contribution in [0.4, 0.5) is 0 Å². The van der Waals surface area contributed by atoms with E-state index in [0.717, 1.165) is 45.3 Å². The van der Waals surface area contributed by atoms with Gasteiger partial charge in [0.2, 0.25) is 0 Å². The molecule has 0 amide bonds. The van der Waals surface area contributed by atoms with Gasteiger partial charge in [0.1, 0.15) is 0 Å². The molecule has 5 rings (SSSR count). The van der Waals surface area contributed by atoms with Gasteiger partial charge in [-0.2, -0.15) is 5.10 Å². The maximum absolute atomic E-state index is 4.71. The Hall–Kier alpha value is -2.72. The zero-order chi connectivity index (χ0) is 18.8. The Bertz CT molecular complexity index is 948. The van der Waals surface area contributed by atoms with Crippen LogP contribution in [-0.4, -0.2) is 39.3 Å². The van der Waals surface area contributed by atoms with E-state index in [1.807, 2.05) is 12.3 Å². The Morgan fingerprint density at radius 3 is 2.54 bits per heavy atom. The summed E-state index contributed by atoms with van der Waals surface area (Å²) in [6.45, 7) is 3.20. The van der Waals surface area contributed by atoms with Crippen molar-refractivity contribution < 1.29 is 0 Å². The third-order valence-corrected chi connectivity index (χ3v) is 6.08. The standard InChI is InChI=1S/C24H26N4/c1-2-6-21-16-24(15-20(21)5-1)28-18-22(17-26-28)19-8-12-27(13-9-19)14-10-23-7-3-4-11-25-23/h1-8,11,17-18,24H,9-10,12-16H2. The van der Waals surface area contributed by atoms with Gasteiger partial charge in [0.05, 0.1) is 12.2 Å². The number of benzene rings is 1. The number of nitrogens with zero attached hydrogens (tertiary/aromatic N) is 4. The van der Waals surface area contributed by atoms with E-state index in [4.69, 9.17) is 5.10 Å². The molecule has 0 bridgehead atoms. The Labute approximate surface area is 166 Å². The second-order valence-corrected chi connectivity index (χ2v) is 7.89. The summed E-state index contributed by atoms with van der Waals surface area (Å²) in [7, 11) is 0. The van der Waals surface area contributed by atoms with Gasteiger partial charge in [-0.25, -0.2) is 0 Å². The lowest BCUT2D eigenvalue weighted by atomic mass is 10.0. The molecule has 1 aliphatic carbocycles. The maximum atomic E-state index is 4.71. The van der Waals surface area contributed by atoms with Crippen LogP contribution in [0.1, 0.15) is 34.8 Å². The topological polar surface area (TPSA) is 34.0 Å². The van der Waals surface area contributed by atoms with Crippen molar-refractivity contribution in [2.45, 2.75) is 31.7 Å². The third-order valence-electron chi connectivity index (χ3n) is 6.08. The Morgan fingerprint density at radius 1 is 1.00 bits per heavy atom. The Morgan fingerprint density at radius 2 is 1.82 bits per heavy atom. The molecular weight excluding hydrogens is 344 g/mol. The zero-order valence-electron chi connectivity index (χ0n) is 16.2. The largest absolute Gasteiger partial charge is 0.299 e. The maximum Gasteiger partial charge on any atom is 0.0600 e. The fourth-order valence-electron chi connectivity index (χ4n) is 4.42. The van der Waals surface area contributed by atoms with Crippen LogP contribution in [0.15, 0.2) is 67.1 Å². The highest BCUT2D eigenvalue weighted by atomic mass is 15.3. The number of hydrogen-bond acceptors (Lipinski definition) is 3. The highest BCUT2D eigenvalue weighted by Crippen LogP contribution is 2.31. The molecule has 0 unspecified atom stereocenters. The molecule has 3 heterocycles. The molecule has 142 valence electrons. The molecule has 0 atom stereocenters. The van der Waals surface area contributed by atoms with Gasteiger partial charge >= 0.3 is 0 Å². The van der Waals surface area contributed by atoms with Crippen molar-refractivity contribution in [3.05, 3.63) is 89.5 Å². The van der Waals surface area contributed by atoms with Crippen LogP contribution < -0.4 is 0 Å². The lowest BCUT2D eigenvalue weighted by Crippen LogP contribution is -2.30. The van der Waals surface area contributed by atoms with Crippen LogP contribution in [0.5, 0.6) is 0 Å². The third kappa shape index (κ3) is 3.65. The molecular formula is C24H26N4. The smallest absolute Gasteiger partial charge is 0.0600 e. The number of aromatic nitrogens is 3. The molecule has 0 radical (unpaired) electrons. The van der Waals surface area contributed by atoms with Crippen LogP contribution in [0, 0.1) is 0 Å². The van der Waals surface area contributed by atoms with Crippen LogP contribution in [0.3, 0.4) is 0 Å². The Kier molecular flexibility index (Phi) is 4.79. The molecule has 4 heteroatoms. The van der Waals surface area contributed by atoms with Crippen LogP contribution >= 0.6 is 0 Å². The summed E-state index contributed by atoms with van der Waals surface area (Å²) in [6, 6.07) is 15.4. The second-order valence-electron chi connectivity index (χ2n) is 7.89. The van der Waals surface area contributed by atoms with E-state index in [-0.39, 0.29) is 0 Å². The predicted octanol–water partition coefficient (Wildman–Crippen LogP) is 3.95. The predicted molar refractivity (Wildman–Crippen MR) is 112 cm³/mol. The normalized spacial score (nSPS) is 17.5. The minimum atomic E-state index is 0.463. The molecule has 0 fully saturated rings. The quantitative estimate of drug-likeness (QED) is 0.682. The summed E-state index contributed by atoms with van der Waals surface area (Å²) in [5.74, 6) is 0. The van der Waals surface area contributed by atoms with Crippen molar-refractivity contribution in [3.63, 3.8) is 0 Å². The fraction of sp³-hybridized carbons (Fsp3) is 0.333. The first-order valence-electron chi connectivity index (χ1n) is 10.3. The molecule has 3 aromatic rings. The summed E-state index contributed by atoms with van der Waals surface area (Å²) >= 11 is 0. The molecule has 0 saturated carbocycles. The molecule has 0 N–H and O–H groups in total. The lowest BCUT2D eigenvalue weighted by Gasteiger charge is -2.25. The minimum Gasteiger partial charge on any atom is -0.299 e. The van der Waals surface area contributed by atoms with Gasteiger partial charge in [-0.15, -0.1) is 0 Å². The van der Waals surface area contributed by atoms with Crippen molar-refractivity contribution in [1.82, 2.24) is 19.7 Å². The van der Waals surface area contributed by atoms with Gasteiger partial charge in [0.15, 0.2) is 0 Å². The minimum absolute atomic E-state index is 0.463. The highest BCUT2D eigenvalue weighted by Gasteiger charge is 2.23. The molecule has 2 aliphatic rings. The molecule has 2 aromatic heterocycles. The van der Waals surface area contributed by atoms with E-state index < -0.39 is 0 Å². The average Bonchev–Trinajstić information content (AvgIpc) is 3.40. The number of rotatable bonds is 5. The molecule has 28 heavy (non-hydrogen) atoms. The summed E-state index contributed by atoms with van der Waals surface area (Å²) in [5, 5.41) is 4.71. The van der Waals surface area contributed by atoms with Crippen molar-refractivity contribution >= 4 is 5.57 Å². The van der Waals surface area contributed by atoms with Gasteiger partial charge in [0.25, 0.3) is 0 Å². The fourth-order valence-corrected chi connectivity index (χ4v) is 4.42. The number of fused-ring (bicyclic) bond motifs is 1. The van der Waals surface area contributed by atoms with Gasteiger partial charge in [0, 0.05) is 49.7 Å². The van der Waals surface area contributed by atoms with E-state index in [0.29, 0.717) is 6.04 Å². The number of pyridine rings is 1. The van der Waals surface area contributed by atoms with E-state index >= 15 is 0 Å². The molecule has 1 aromatic carbocycles. The summed E-state index contributed by atoms with van der Waals surface area (Å²) in [5.41, 5.74) is 6.86. The Balaban J connectivity index is 1.19. The van der Waals surface area contributed by atoms with Crippen LogP contribution in [0.2, 0.25) is 0 Å². The average molecular weight is 371 g/mol. The second kappa shape index (κ2) is 7.72. The van der Waals surface area contributed by atoms with E-state index in [1.165, 1.54) is 28.0 Å². The van der Waals surface area contributed by atoms with E-state index in [1.54, 1.807) is 0 Å². The molecule has 0 saturated heterocycles. The van der Waals surface area contributed by atoms with Gasteiger partial charge < -0.3 is 0 Å². The first-order valence-corrected chi connectivity index (χ1v) is 10.3. The summed E-state index contributed by atoms with van der Waals surface area (Å²) in [6.07, 6.45) is 12.9. The first kappa shape index (κ1) is 17.4. The van der Waals surface area contributed by atoms with Gasteiger partial charge in [-0.3, -0.25) is 14.6 Å². The first-order chi connectivity index (χ1) is 13.8. The molecule has 1 aliphatic heterocycles. The SMILES string of the molecule is C1=C(c2cnn(C3Cc4ccccc4C3)c2)CCN(CCc2ccccn2)C1. The summed E-state index contributed by atoms with van der Waals surface area (Å²) < 4.78 is 2.18. The van der Waals surface area contributed by atoms with E-state index in [2.05, 4.69) is 69.4 Å². The van der Waals surface area contributed by atoms with E-state index in [9.17, 15) is 0 Å². The molecule has 4 nitrogen and oxygen atoms in total. The van der Waals surface area contributed by atoms with Crippen LogP contribution in [-0.2, 0) is 19.3 Å². The zero-order valence-corrected chi connectivity index (χ0v) is 16.2. The van der Waals surface area contributed by atoms with Crippen molar-refractivity contribution in [2.75, 3.05) is 19.6 Å². The monoisotopic (exact) mass is 370 g/mol. The van der Waals surface area contributed by atoms with Crippen molar-refractivity contribution in [1.29, 1.82) is 0 Å². The molecule has 0 spiro atoms. The van der Waals surface area contributed by atoms with Gasteiger partial charge in [-0.1, -0.05) is 36.4 Å². The van der Waals surface area contributed by atoms with Crippen molar-refractivity contribution in [3.8, 4) is 0 Å². The van der Waals surface area contributed by atoms with Crippen molar-refractivity contribution in [2.24, 2.45) is 0 Å². The van der Waals surface area contributed by atoms with Gasteiger partial charge in [-0.05, 0) is 48.1 Å². The lowest BCUT2D eigenvalue weighted by molar-refractivity contribution is 0.305. The highest BCUT2D eigenvalue weighted by molar-refractivity contribution is 5.65.